The van der Waals surface area contributed by atoms with Gasteiger partial charge in [0, 0.05) is 6.42 Å². The lowest BCUT2D eigenvalue weighted by atomic mass is 10.0. The highest BCUT2D eigenvalue weighted by atomic mass is 16.5. The smallest absolute Gasteiger partial charge is 0.0814 e. The lowest BCUT2D eigenvalue weighted by Crippen LogP contribution is -2.27. The van der Waals surface area contributed by atoms with Crippen molar-refractivity contribution < 1.29 is 9.84 Å². The van der Waals surface area contributed by atoms with Gasteiger partial charge in [-0.15, -0.1) is 0 Å². The maximum atomic E-state index is 10.0. The van der Waals surface area contributed by atoms with E-state index in [2.05, 4.69) is 36.4 Å². The van der Waals surface area contributed by atoms with Crippen LogP contribution in [0, 0.1) is 0 Å². The third-order valence-corrected chi connectivity index (χ3v) is 3.24. The molecule has 0 fully saturated rings. The van der Waals surface area contributed by atoms with E-state index in [1.165, 1.54) is 11.1 Å². The summed E-state index contributed by atoms with van der Waals surface area (Å²) in [5, 5.41) is 10.0. The molecule has 0 aliphatic carbocycles. The molecule has 1 N–H and O–H groups in total. The second-order valence-electron chi connectivity index (χ2n) is 6.34. The van der Waals surface area contributed by atoms with Gasteiger partial charge in [-0.05, 0) is 37.5 Å². The molecule has 21 heavy (non-hydrogen) atoms. The zero-order chi connectivity index (χ0) is 15.3. The Bertz CT molecular complexity index is 538. The Labute approximate surface area is 127 Å². The maximum absolute atomic E-state index is 10.0. The van der Waals surface area contributed by atoms with Crippen molar-refractivity contribution in [1.29, 1.82) is 0 Å². The third kappa shape index (κ3) is 5.33. The van der Waals surface area contributed by atoms with Crippen molar-refractivity contribution in [3.05, 3.63) is 60.2 Å². The van der Waals surface area contributed by atoms with Gasteiger partial charge >= 0.3 is 0 Å². The molecular weight excluding hydrogens is 260 g/mol. The second-order valence-corrected chi connectivity index (χ2v) is 6.34. The molecule has 0 heterocycles. The molecule has 2 heteroatoms. The molecule has 2 rings (SSSR count). The predicted molar refractivity (Wildman–Crippen MR) is 87.3 cm³/mol. The summed E-state index contributed by atoms with van der Waals surface area (Å²) in [5.74, 6) is 0. The van der Waals surface area contributed by atoms with Gasteiger partial charge in [0.1, 0.15) is 0 Å². The molecule has 1 atom stereocenters. The highest BCUT2D eigenvalue weighted by Crippen LogP contribution is 2.20. The normalized spacial score (nSPS) is 13.1. The zero-order valence-electron chi connectivity index (χ0n) is 13.0. The Morgan fingerprint density at radius 2 is 1.48 bits per heavy atom. The summed E-state index contributed by atoms with van der Waals surface area (Å²) in [7, 11) is 0. The van der Waals surface area contributed by atoms with E-state index in [4.69, 9.17) is 4.74 Å². The molecule has 2 nitrogen and oxygen atoms in total. The molecule has 2 aromatic carbocycles. The Hall–Kier alpha value is -1.64. The van der Waals surface area contributed by atoms with Crippen LogP contribution in [-0.4, -0.2) is 23.4 Å². The second kappa shape index (κ2) is 6.88. The molecule has 0 aliphatic heterocycles. The van der Waals surface area contributed by atoms with Crippen LogP contribution >= 0.6 is 0 Å². The van der Waals surface area contributed by atoms with Crippen molar-refractivity contribution in [2.45, 2.75) is 38.9 Å². The van der Waals surface area contributed by atoms with Crippen LogP contribution in [-0.2, 0) is 11.2 Å². The quantitative estimate of drug-likeness (QED) is 0.896. The average molecular weight is 284 g/mol. The largest absolute Gasteiger partial charge is 0.390 e. The molecule has 0 radical (unpaired) electrons. The van der Waals surface area contributed by atoms with Crippen LogP contribution in [0.25, 0.3) is 11.1 Å². The zero-order valence-corrected chi connectivity index (χ0v) is 13.0. The van der Waals surface area contributed by atoms with E-state index >= 15 is 0 Å². The van der Waals surface area contributed by atoms with Crippen LogP contribution in [0.3, 0.4) is 0 Å². The third-order valence-electron chi connectivity index (χ3n) is 3.24. The van der Waals surface area contributed by atoms with Crippen LogP contribution in [0.15, 0.2) is 54.6 Å². The maximum Gasteiger partial charge on any atom is 0.0814 e. The van der Waals surface area contributed by atoms with E-state index in [1.54, 1.807) is 0 Å². The number of aliphatic hydroxyl groups excluding tert-OH is 1. The fraction of sp³-hybridized carbons (Fsp3) is 0.368. The monoisotopic (exact) mass is 284 g/mol. The van der Waals surface area contributed by atoms with Crippen LogP contribution < -0.4 is 0 Å². The van der Waals surface area contributed by atoms with Crippen LogP contribution in [0.2, 0.25) is 0 Å². The summed E-state index contributed by atoms with van der Waals surface area (Å²) >= 11 is 0. The van der Waals surface area contributed by atoms with Gasteiger partial charge in [0.2, 0.25) is 0 Å². The molecule has 0 unspecified atom stereocenters. The predicted octanol–water partition coefficient (Wildman–Crippen LogP) is 4.07. The number of hydrogen-bond donors (Lipinski definition) is 1. The molecule has 2 aromatic rings. The van der Waals surface area contributed by atoms with Crippen LogP contribution in [0.4, 0.5) is 0 Å². The number of aliphatic hydroxyl groups is 1. The van der Waals surface area contributed by atoms with E-state index < -0.39 is 6.10 Å². The van der Waals surface area contributed by atoms with Crippen molar-refractivity contribution in [3.63, 3.8) is 0 Å². The van der Waals surface area contributed by atoms with Crippen LogP contribution in [0.1, 0.15) is 26.3 Å². The van der Waals surface area contributed by atoms with Crippen molar-refractivity contribution in [3.8, 4) is 11.1 Å². The summed E-state index contributed by atoms with van der Waals surface area (Å²) in [6.45, 7) is 6.35. The molecule has 0 aliphatic rings. The summed E-state index contributed by atoms with van der Waals surface area (Å²) in [4.78, 5) is 0. The summed E-state index contributed by atoms with van der Waals surface area (Å²) < 4.78 is 5.61. The Kier molecular flexibility index (Phi) is 5.16. The SMILES string of the molecule is CC(C)(C)OC[C@@H](O)Cc1ccc(-c2ccccc2)cc1. The minimum Gasteiger partial charge on any atom is -0.390 e. The highest BCUT2D eigenvalue weighted by Gasteiger charge is 2.14. The van der Waals surface area contributed by atoms with Crippen molar-refractivity contribution in [2.24, 2.45) is 0 Å². The van der Waals surface area contributed by atoms with E-state index in [0.717, 1.165) is 5.56 Å². The van der Waals surface area contributed by atoms with Gasteiger partial charge < -0.3 is 9.84 Å². The van der Waals surface area contributed by atoms with E-state index in [1.807, 2.05) is 39.0 Å². The van der Waals surface area contributed by atoms with E-state index in [0.29, 0.717) is 13.0 Å². The fourth-order valence-electron chi connectivity index (χ4n) is 2.14. The lowest BCUT2D eigenvalue weighted by molar-refractivity contribution is -0.0482. The van der Waals surface area contributed by atoms with E-state index in [-0.39, 0.29) is 5.60 Å². The standard InChI is InChI=1S/C19H24O2/c1-19(2,3)21-14-18(20)13-15-9-11-17(12-10-15)16-7-5-4-6-8-16/h4-12,18,20H,13-14H2,1-3H3/t18-/m0/s1. The van der Waals surface area contributed by atoms with Gasteiger partial charge in [-0.3, -0.25) is 0 Å². The van der Waals surface area contributed by atoms with E-state index in [9.17, 15) is 5.11 Å². The molecule has 0 spiro atoms. The summed E-state index contributed by atoms with van der Waals surface area (Å²) in [6, 6.07) is 18.6. The highest BCUT2D eigenvalue weighted by molar-refractivity contribution is 5.63. The lowest BCUT2D eigenvalue weighted by Gasteiger charge is -2.22. The summed E-state index contributed by atoms with van der Waals surface area (Å²) in [6.07, 6.45) is 0.150. The molecule has 112 valence electrons. The van der Waals surface area contributed by atoms with Gasteiger partial charge in [0.15, 0.2) is 0 Å². The molecule has 0 aromatic heterocycles. The Balaban J connectivity index is 1.94. The molecule has 0 saturated heterocycles. The minimum absolute atomic E-state index is 0.210. The Morgan fingerprint density at radius 1 is 0.905 bits per heavy atom. The first kappa shape index (κ1) is 15.7. The molecule has 0 bridgehead atoms. The fourth-order valence-corrected chi connectivity index (χ4v) is 2.14. The number of benzene rings is 2. The van der Waals surface area contributed by atoms with Crippen molar-refractivity contribution in [2.75, 3.05) is 6.61 Å². The van der Waals surface area contributed by atoms with Crippen LogP contribution in [0.5, 0.6) is 0 Å². The first-order valence-electron chi connectivity index (χ1n) is 7.40. The van der Waals surface area contributed by atoms with Gasteiger partial charge in [0.25, 0.3) is 0 Å². The molecule has 0 amide bonds. The summed E-state index contributed by atoms with van der Waals surface area (Å²) in [5.41, 5.74) is 3.32. The van der Waals surface area contributed by atoms with Gasteiger partial charge in [-0.25, -0.2) is 0 Å². The minimum atomic E-state index is -0.466. The van der Waals surface area contributed by atoms with Gasteiger partial charge in [-0.2, -0.15) is 0 Å². The van der Waals surface area contributed by atoms with Gasteiger partial charge in [-0.1, -0.05) is 54.6 Å². The van der Waals surface area contributed by atoms with Crippen molar-refractivity contribution >= 4 is 0 Å². The number of hydrogen-bond acceptors (Lipinski definition) is 2. The Morgan fingerprint density at radius 3 is 2.05 bits per heavy atom. The number of ether oxygens (including phenoxy) is 1. The van der Waals surface area contributed by atoms with Gasteiger partial charge in [0.05, 0.1) is 18.3 Å². The molecular formula is C19H24O2. The number of rotatable bonds is 5. The average Bonchev–Trinajstić information content (AvgIpc) is 2.46. The first-order valence-corrected chi connectivity index (χ1v) is 7.40. The van der Waals surface area contributed by atoms with Crippen molar-refractivity contribution in [1.82, 2.24) is 0 Å². The topological polar surface area (TPSA) is 29.5 Å². The molecule has 0 saturated carbocycles. The first-order chi connectivity index (χ1) is 9.94.